The first-order chi connectivity index (χ1) is 8.34. The number of thiazole rings is 1. The maximum atomic E-state index is 6.27. The van der Waals surface area contributed by atoms with E-state index in [0.29, 0.717) is 6.61 Å². The highest BCUT2D eigenvalue weighted by molar-refractivity contribution is 7.09. The molecule has 2 N–H and O–H groups in total. The summed E-state index contributed by atoms with van der Waals surface area (Å²) in [6.45, 7) is 0.686. The lowest BCUT2D eigenvalue weighted by Crippen LogP contribution is -2.31. The first-order valence-electron chi connectivity index (χ1n) is 5.70. The summed E-state index contributed by atoms with van der Waals surface area (Å²) < 4.78 is 5.65. The van der Waals surface area contributed by atoms with E-state index in [4.69, 9.17) is 10.5 Å². The number of benzene rings is 1. The van der Waals surface area contributed by atoms with Crippen LogP contribution in [0.1, 0.15) is 16.5 Å². The van der Waals surface area contributed by atoms with Crippen molar-refractivity contribution in [3.63, 3.8) is 0 Å². The molecule has 0 radical (unpaired) electrons. The number of fused-ring (bicyclic) bond motifs is 1. The van der Waals surface area contributed by atoms with Crippen LogP contribution >= 0.6 is 11.3 Å². The Hall–Kier alpha value is -1.39. The molecular weight excluding hydrogens is 232 g/mol. The van der Waals surface area contributed by atoms with Crippen LogP contribution < -0.4 is 10.5 Å². The van der Waals surface area contributed by atoms with Crippen LogP contribution in [-0.2, 0) is 6.42 Å². The molecule has 2 aromatic rings. The summed E-state index contributed by atoms with van der Waals surface area (Å²) in [5.74, 6) is 1.27. The minimum absolute atomic E-state index is 0.0739. The zero-order valence-corrected chi connectivity index (χ0v) is 10.2. The Labute approximate surface area is 104 Å². The van der Waals surface area contributed by atoms with Crippen molar-refractivity contribution in [1.82, 2.24) is 4.98 Å². The topological polar surface area (TPSA) is 48.1 Å². The summed E-state index contributed by atoms with van der Waals surface area (Å²) in [4.78, 5) is 4.28. The molecule has 0 saturated heterocycles. The molecule has 0 aliphatic carbocycles. The second-order valence-corrected chi connectivity index (χ2v) is 5.23. The van der Waals surface area contributed by atoms with Crippen LogP contribution in [0.2, 0.25) is 0 Å². The predicted octanol–water partition coefficient (Wildman–Crippen LogP) is 2.19. The van der Waals surface area contributed by atoms with Gasteiger partial charge in [-0.3, -0.25) is 0 Å². The third kappa shape index (κ3) is 2.06. The van der Waals surface area contributed by atoms with E-state index in [0.717, 1.165) is 17.2 Å². The van der Waals surface area contributed by atoms with Gasteiger partial charge in [0.25, 0.3) is 0 Å². The largest absolute Gasteiger partial charge is 0.493 e. The molecule has 0 amide bonds. The Morgan fingerprint density at radius 1 is 1.47 bits per heavy atom. The van der Waals surface area contributed by atoms with E-state index in [-0.39, 0.29) is 12.0 Å². The van der Waals surface area contributed by atoms with Gasteiger partial charge in [0.05, 0.1) is 11.6 Å². The molecule has 1 aromatic carbocycles. The predicted molar refractivity (Wildman–Crippen MR) is 68.5 cm³/mol. The zero-order chi connectivity index (χ0) is 11.7. The Morgan fingerprint density at radius 3 is 3.18 bits per heavy atom. The molecule has 0 bridgehead atoms. The van der Waals surface area contributed by atoms with E-state index >= 15 is 0 Å². The second kappa shape index (κ2) is 4.47. The number of nitrogens with zero attached hydrogens (tertiary/aromatic N) is 1. The number of hydrogen-bond acceptors (Lipinski definition) is 4. The maximum Gasteiger partial charge on any atom is 0.122 e. The van der Waals surface area contributed by atoms with Gasteiger partial charge < -0.3 is 10.5 Å². The number of nitrogens with two attached hydrogens (primary N) is 1. The van der Waals surface area contributed by atoms with E-state index in [9.17, 15) is 0 Å². The van der Waals surface area contributed by atoms with Gasteiger partial charge in [-0.2, -0.15) is 0 Å². The van der Waals surface area contributed by atoms with Crippen LogP contribution in [0.3, 0.4) is 0 Å². The first kappa shape index (κ1) is 10.7. The number of aromatic nitrogens is 1. The molecule has 17 heavy (non-hydrogen) atoms. The van der Waals surface area contributed by atoms with Gasteiger partial charge in [0.2, 0.25) is 0 Å². The van der Waals surface area contributed by atoms with Crippen molar-refractivity contribution in [1.29, 1.82) is 0 Å². The molecule has 1 aliphatic rings. The van der Waals surface area contributed by atoms with Crippen LogP contribution in [0, 0.1) is 0 Å². The minimum atomic E-state index is 0.0739. The maximum absolute atomic E-state index is 6.27. The van der Waals surface area contributed by atoms with Crippen LogP contribution in [0.15, 0.2) is 35.8 Å². The third-order valence-corrected chi connectivity index (χ3v) is 3.95. The molecule has 1 aromatic heterocycles. The van der Waals surface area contributed by atoms with Gasteiger partial charge in [-0.25, -0.2) is 4.98 Å². The van der Waals surface area contributed by atoms with Crippen LogP contribution in [0.4, 0.5) is 0 Å². The van der Waals surface area contributed by atoms with Crippen LogP contribution in [0.25, 0.3) is 0 Å². The molecule has 0 spiro atoms. The van der Waals surface area contributed by atoms with Gasteiger partial charge in [0.15, 0.2) is 0 Å². The molecular formula is C13H14N2OS. The van der Waals surface area contributed by atoms with E-state index in [1.54, 1.807) is 11.3 Å². The average Bonchev–Trinajstić information content (AvgIpc) is 2.96. The molecule has 1 aliphatic heterocycles. The quantitative estimate of drug-likeness (QED) is 0.903. The van der Waals surface area contributed by atoms with Gasteiger partial charge in [-0.1, -0.05) is 18.2 Å². The lowest BCUT2D eigenvalue weighted by molar-refractivity contribution is 0.313. The summed E-state index contributed by atoms with van der Waals surface area (Å²) in [6, 6.07) is 8.22. The molecule has 3 nitrogen and oxygen atoms in total. The lowest BCUT2D eigenvalue weighted by Gasteiger charge is -2.16. The van der Waals surface area contributed by atoms with Crippen molar-refractivity contribution < 1.29 is 4.74 Å². The van der Waals surface area contributed by atoms with Gasteiger partial charge in [0, 0.05) is 35.5 Å². The standard InChI is InChI=1S/C13H14N2OS/c14-11(7-13-15-5-6-17-13)10-8-16-12-4-2-1-3-9(10)12/h1-6,10-11H,7-8,14H2. The van der Waals surface area contributed by atoms with E-state index < -0.39 is 0 Å². The molecule has 2 unspecified atom stereocenters. The number of rotatable bonds is 3. The van der Waals surface area contributed by atoms with Crippen molar-refractivity contribution >= 4 is 11.3 Å². The Bertz CT molecular complexity index is 498. The smallest absolute Gasteiger partial charge is 0.122 e. The lowest BCUT2D eigenvalue weighted by atomic mass is 9.92. The van der Waals surface area contributed by atoms with Crippen molar-refractivity contribution in [2.24, 2.45) is 5.73 Å². The van der Waals surface area contributed by atoms with Gasteiger partial charge in [-0.15, -0.1) is 11.3 Å². The van der Waals surface area contributed by atoms with Crippen LogP contribution in [0.5, 0.6) is 5.75 Å². The molecule has 3 rings (SSSR count). The monoisotopic (exact) mass is 246 g/mol. The number of hydrogen-bond donors (Lipinski definition) is 1. The van der Waals surface area contributed by atoms with E-state index in [1.165, 1.54) is 5.56 Å². The third-order valence-electron chi connectivity index (χ3n) is 3.15. The average molecular weight is 246 g/mol. The van der Waals surface area contributed by atoms with Crippen molar-refractivity contribution in [2.75, 3.05) is 6.61 Å². The summed E-state index contributed by atoms with van der Waals surface area (Å²) in [5.41, 5.74) is 7.50. The summed E-state index contributed by atoms with van der Waals surface area (Å²) in [7, 11) is 0. The van der Waals surface area contributed by atoms with Gasteiger partial charge in [-0.05, 0) is 6.07 Å². The molecule has 88 valence electrons. The molecule has 4 heteroatoms. The fourth-order valence-corrected chi connectivity index (χ4v) is 2.93. The Balaban J connectivity index is 1.78. The summed E-state index contributed by atoms with van der Waals surface area (Å²) in [6.07, 6.45) is 2.64. The zero-order valence-electron chi connectivity index (χ0n) is 9.37. The van der Waals surface area contributed by atoms with E-state index in [2.05, 4.69) is 11.1 Å². The van der Waals surface area contributed by atoms with Crippen molar-refractivity contribution in [2.45, 2.75) is 18.4 Å². The fraction of sp³-hybridized carbons (Fsp3) is 0.308. The van der Waals surface area contributed by atoms with Crippen LogP contribution in [-0.4, -0.2) is 17.6 Å². The van der Waals surface area contributed by atoms with Gasteiger partial charge >= 0.3 is 0 Å². The summed E-state index contributed by atoms with van der Waals surface area (Å²) >= 11 is 1.66. The Morgan fingerprint density at radius 2 is 2.35 bits per heavy atom. The first-order valence-corrected chi connectivity index (χ1v) is 6.58. The fourth-order valence-electron chi connectivity index (χ4n) is 2.24. The highest BCUT2D eigenvalue weighted by Crippen LogP contribution is 2.35. The van der Waals surface area contributed by atoms with Gasteiger partial charge in [0.1, 0.15) is 5.75 Å². The highest BCUT2D eigenvalue weighted by Gasteiger charge is 2.29. The molecule has 2 heterocycles. The SMILES string of the molecule is NC(Cc1nccs1)C1COc2ccccc21. The van der Waals surface area contributed by atoms with Crippen molar-refractivity contribution in [3.8, 4) is 5.75 Å². The molecule has 0 saturated carbocycles. The molecule has 2 atom stereocenters. The Kier molecular flexibility index (Phi) is 2.82. The molecule has 0 fully saturated rings. The normalized spacial score (nSPS) is 19.7. The highest BCUT2D eigenvalue weighted by atomic mass is 32.1. The number of ether oxygens (including phenoxy) is 1. The second-order valence-electron chi connectivity index (χ2n) is 4.25. The number of para-hydroxylation sites is 1. The minimum Gasteiger partial charge on any atom is -0.493 e. The summed E-state index contributed by atoms with van der Waals surface area (Å²) in [5, 5.41) is 3.09. The van der Waals surface area contributed by atoms with E-state index in [1.807, 2.05) is 29.8 Å². The van der Waals surface area contributed by atoms with Crippen molar-refractivity contribution in [3.05, 3.63) is 46.4 Å².